The van der Waals surface area contributed by atoms with Gasteiger partial charge in [-0.15, -0.1) is 0 Å². The van der Waals surface area contributed by atoms with Crippen molar-refractivity contribution < 1.29 is 14.3 Å². The van der Waals surface area contributed by atoms with E-state index in [1.54, 1.807) is 6.07 Å². The van der Waals surface area contributed by atoms with Gasteiger partial charge >= 0.3 is 6.09 Å². The second-order valence-corrected chi connectivity index (χ2v) is 5.21. The minimum atomic E-state index is -0.656. The lowest BCUT2D eigenvalue weighted by Gasteiger charge is -2.09. The molecule has 108 valence electrons. The quantitative estimate of drug-likeness (QED) is 0.853. The summed E-state index contributed by atoms with van der Waals surface area (Å²) < 4.78 is 5.75. The first-order valence-electron chi connectivity index (χ1n) is 6.20. The summed E-state index contributed by atoms with van der Waals surface area (Å²) in [6.45, 7) is 1.56. The predicted molar refractivity (Wildman–Crippen MR) is 82.2 cm³/mol. The van der Waals surface area contributed by atoms with Gasteiger partial charge in [-0.2, -0.15) is 0 Å². The molecule has 1 N–H and O–H groups in total. The molecule has 0 bridgehead atoms. The van der Waals surface area contributed by atoms with Crippen LogP contribution in [0.1, 0.15) is 22.8 Å². The molecule has 1 aromatic carbocycles. The lowest BCUT2D eigenvalue weighted by molar-refractivity contribution is 0.101. The van der Waals surface area contributed by atoms with Crippen molar-refractivity contribution in [2.75, 3.05) is 5.32 Å². The van der Waals surface area contributed by atoms with Crippen molar-refractivity contribution in [2.45, 2.75) is 13.5 Å². The van der Waals surface area contributed by atoms with E-state index in [2.05, 4.69) is 26.2 Å². The third-order valence-electron chi connectivity index (χ3n) is 2.67. The van der Waals surface area contributed by atoms with Gasteiger partial charge in [0.2, 0.25) is 0 Å². The van der Waals surface area contributed by atoms with Gasteiger partial charge in [0, 0.05) is 10.7 Å². The van der Waals surface area contributed by atoms with Crippen LogP contribution in [-0.4, -0.2) is 16.9 Å². The summed E-state index contributed by atoms with van der Waals surface area (Å²) in [6, 6.07) is 10.9. The van der Waals surface area contributed by atoms with E-state index in [0.717, 1.165) is 5.56 Å². The van der Waals surface area contributed by atoms with Gasteiger partial charge in [-0.05, 0) is 34.5 Å². The molecule has 0 fully saturated rings. The van der Waals surface area contributed by atoms with E-state index in [4.69, 9.17) is 4.74 Å². The van der Waals surface area contributed by atoms with Gasteiger partial charge in [0.1, 0.15) is 12.4 Å². The van der Waals surface area contributed by atoms with Crippen molar-refractivity contribution in [2.24, 2.45) is 0 Å². The van der Waals surface area contributed by atoms with Crippen LogP contribution in [0.25, 0.3) is 0 Å². The lowest BCUT2D eigenvalue weighted by atomic mass is 10.2. The number of nitrogens with zero attached hydrogens (tertiary/aromatic N) is 1. The number of pyridine rings is 1. The molecule has 0 radical (unpaired) electrons. The topological polar surface area (TPSA) is 68.3 Å². The number of carbonyl (C=O) groups is 2. The highest BCUT2D eigenvalue weighted by molar-refractivity contribution is 9.10. The second-order valence-electron chi connectivity index (χ2n) is 4.29. The Morgan fingerprint density at radius 2 is 2.00 bits per heavy atom. The molecule has 0 saturated heterocycles. The maximum absolute atomic E-state index is 11.7. The molecular weight excluding hydrogens is 336 g/mol. The van der Waals surface area contributed by atoms with Crippen molar-refractivity contribution in [3.8, 4) is 0 Å². The van der Waals surface area contributed by atoms with Gasteiger partial charge < -0.3 is 4.74 Å². The molecule has 0 spiro atoms. The number of aromatic nitrogens is 1. The average molecular weight is 349 g/mol. The number of rotatable bonds is 4. The van der Waals surface area contributed by atoms with E-state index in [0.29, 0.717) is 10.0 Å². The Balaban J connectivity index is 2.01. The summed E-state index contributed by atoms with van der Waals surface area (Å²) in [5.41, 5.74) is 1.20. The SMILES string of the molecule is CC(=O)c1cc(Br)cnc1NC(=O)OCc1ccccc1. The highest BCUT2D eigenvalue weighted by atomic mass is 79.9. The Kier molecular flexibility index (Phi) is 5.05. The molecule has 5 nitrogen and oxygen atoms in total. The van der Waals surface area contributed by atoms with Crippen LogP contribution in [0.5, 0.6) is 0 Å². The zero-order valence-electron chi connectivity index (χ0n) is 11.3. The number of ether oxygens (including phenoxy) is 1. The first kappa shape index (κ1) is 15.2. The van der Waals surface area contributed by atoms with Crippen LogP contribution in [0.4, 0.5) is 10.6 Å². The summed E-state index contributed by atoms with van der Waals surface area (Å²) >= 11 is 3.23. The van der Waals surface area contributed by atoms with Crippen LogP contribution in [-0.2, 0) is 11.3 Å². The zero-order valence-corrected chi connectivity index (χ0v) is 12.9. The van der Waals surface area contributed by atoms with Crippen LogP contribution < -0.4 is 5.32 Å². The molecule has 1 heterocycles. The van der Waals surface area contributed by atoms with Crippen LogP contribution in [0.15, 0.2) is 47.1 Å². The molecule has 2 aromatic rings. The third-order valence-corrected chi connectivity index (χ3v) is 3.10. The number of halogens is 1. The molecule has 0 unspecified atom stereocenters. The molecule has 2 rings (SSSR count). The predicted octanol–water partition coefficient (Wildman–Crippen LogP) is 3.80. The Labute approximate surface area is 130 Å². The van der Waals surface area contributed by atoms with E-state index in [-0.39, 0.29) is 18.2 Å². The highest BCUT2D eigenvalue weighted by Crippen LogP contribution is 2.18. The van der Waals surface area contributed by atoms with Crippen LogP contribution in [0, 0.1) is 0 Å². The van der Waals surface area contributed by atoms with Crippen LogP contribution in [0.2, 0.25) is 0 Å². The van der Waals surface area contributed by atoms with Gasteiger partial charge in [-0.25, -0.2) is 9.78 Å². The van der Waals surface area contributed by atoms with Gasteiger partial charge in [0.15, 0.2) is 5.78 Å². The van der Waals surface area contributed by atoms with E-state index in [1.165, 1.54) is 13.1 Å². The van der Waals surface area contributed by atoms with E-state index in [9.17, 15) is 9.59 Å². The number of benzene rings is 1. The first-order chi connectivity index (χ1) is 10.1. The maximum atomic E-state index is 11.7. The van der Waals surface area contributed by atoms with Crippen molar-refractivity contribution in [3.05, 3.63) is 58.2 Å². The largest absolute Gasteiger partial charge is 0.444 e. The van der Waals surface area contributed by atoms with E-state index in [1.807, 2.05) is 30.3 Å². The monoisotopic (exact) mass is 348 g/mol. The number of ketones is 1. The molecule has 21 heavy (non-hydrogen) atoms. The van der Waals surface area contributed by atoms with Crippen molar-refractivity contribution in [1.82, 2.24) is 4.98 Å². The normalized spacial score (nSPS) is 10.0. The number of hydrogen-bond donors (Lipinski definition) is 1. The fraction of sp³-hybridized carbons (Fsp3) is 0.133. The summed E-state index contributed by atoms with van der Waals surface area (Å²) in [6.07, 6.45) is 0.843. The molecule has 0 aliphatic rings. The van der Waals surface area contributed by atoms with Crippen LogP contribution >= 0.6 is 15.9 Å². The third kappa shape index (κ3) is 4.39. The van der Waals surface area contributed by atoms with Crippen LogP contribution in [0.3, 0.4) is 0 Å². The Morgan fingerprint density at radius 1 is 1.29 bits per heavy atom. The number of anilines is 1. The molecular formula is C15H13BrN2O3. The second kappa shape index (κ2) is 6.99. The van der Waals surface area contributed by atoms with Crippen molar-refractivity contribution in [3.63, 3.8) is 0 Å². The summed E-state index contributed by atoms with van der Waals surface area (Å²) in [5.74, 6) is -0.00841. The number of Topliss-reactive ketones (excluding diaryl/α,β-unsaturated/α-hetero) is 1. The Morgan fingerprint density at radius 3 is 2.67 bits per heavy atom. The van der Waals surface area contributed by atoms with Crippen molar-refractivity contribution >= 4 is 33.6 Å². The van der Waals surface area contributed by atoms with E-state index >= 15 is 0 Å². The molecule has 0 atom stereocenters. The first-order valence-corrected chi connectivity index (χ1v) is 7.00. The lowest BCUT2D eigenvalue weighted by Crippen LogP contribution is -2.16. The fourth-order valence-corrected chi connectivity index (χ4v) is 1.99. The summed E-state index contributed by atoms with van der Waals surface area (Å²) in [7, 11) is 0. The summed E-state index contributed by atoms with van der Waals surface area (Å²) in [4.78, 5) is 27.3. The summed E-state index contributed by atoms with van der Waals surface area (Å²) in [5, 5.41) is 2.48. The van der Waals surface area contributed by atoms with Gasteiger partial charge in [-0.1, -0.05) is 30.3 Å². The molecule has 6 heteroatoms. The minimum Gasteiger partial charge on any atom is -0.444 e. The van der Waals surface area contributed by atoms with Gasteiger partial charge in [-0.3, -0.25) is 10.1 Å². The highest BCUT2D eigenvalue weighted by Gasteiger charge is 2.13. The smallest absolute Gasteiger partial charge is 0.413 e. The Bertz CT molecular complexity index is 659. The van der Waals surface area contributed by atoms with Gasteiger partial charge in [0.05, 0.1) is 5.56 Å². The minimum absolute atomic E-state index is 0.151. The van der Waals surface area contributed by atoms with E-state index < -0.39 is 6.09 Å². The Hall–Kier alpha value is -2.21. The fourth-order valence-electron chi connectivity index (χ4n) is 1.66. The molecule has 0 aliphatic heterocycles. The standard InChI is InChI=1S/C15H13BrN2O3/c1-10(19)13-7-12(16)8-17-14(13)18-15(20)21-9-11-5-3-2-4-6-11/h2-8H,9H2,1H3,(H,17,18,20). The van der Waals surface area contributed by atoms with Crippen molar-refractivity contribution in [1.29, 1.82) is 0 Å². The number of amides is 1. The van der Waals surface area contributed by atoms with Gasteiger partial charge in [0.25, 0.3) is 0 Å². The molecule has 0 aliphatic carbocycles. The maximum Gasteiger partial charge on any atom is 0.413 e. The molecule has 1 amide bonds. The molecule has 1 aromatic heterocycles. The number of nitrogens with one attached hydrogen (secondary N) is 1. The number of carbonyl (C=O) groups excluding carboxylic acids is 2. The average Bonchev–Trinajstić information content (AvgIpc) is 2.48. The zero-order chi connectivity index (χ0) is 15.2. The number of hydrogen-bond acceptors (Lipinski definition) is 4. The molecule has 0 saturated carbocycles.